The van der Waals surface area contributed by atoms with Crippen LogP contribution in [0, 0.1) is 28.4 Å². The van der Waals surface area contributed by atoms with Crippen molar-refractivity contribution in [1.29, 1.82) is 5.26 Å². The van der Waals surface area contributed by atoms with Crippen molar-refractivity contribution < 1.29 is 23.7 Å². The summed E-state index contributed by atoms with van der Waals surface area (Å²) in [6, 6.07) is 18.5. The van der Waals surface area contributed by atoms with Crippen LogP contribution in [-0.2, 0) is 9.53 Å². The summed E-state index contributed by atoms with van der Waals surface area (Å²) in [5, 5.41) is 25.4. The number of nitro benzene ring substituents is 1. The first-order valence-corrected chi connectivity index (χ1v) is 12.3. The summed E-state index contributed by atoms with van der Waals surface area (Å²) in [4.78, 5) is 36.3. The fourth-order valence-corrected chi connectivity index (χ4v) is 4.57. The molecule has 2 aromatic carbocycles. The number of carbonyl (C=O) groups excluding carboxylic acids is 2. The molecule has 2 aromatic heterocycles. The Balaban J connectivity index is 1.61. The molecule has 0 aliphatic rings. The van der Waals surface area contributed by atoms with Crippen LogP contribution in [0.5, 0.6) is 0 Å². The Morgan fingerprint density at radius 3 is 2.61 bits per heavy atom. The zero-order valence-corrected chi connectivity index (χ0v) is 21.2. The molecule has 1 N–H and O–H groups in total. The minimum atomic E-state index is -0.733. The van der Waals surface area contributed by atoms with E-state index >= 15 is 0 Å². The third-order valence-electron chi connectivity index (χ3n) is 5.48. The van der Waals surface area contributed by atoms with Crippen molar-refractivity contribution in [3.8, 4) is 28.5 Å². The van der Waals surface area contributed by atoms with Crippen molar-refractivity contribution in [2.24, 2.45) is 0 Å². The minimum Gasteiger partial charge on any atom is -0.462 e. The SMILES string of the molecule is CCOC(=O)c1c(-c2ccc(C)cc2)csc1NC(=O)C(C#N)=Cc1ccc(-c2cccc([N+](=O)[O-])c2)o1. The highest BCUT2D eigenvalue weighted by Crippen LogP contribution is 2.37. The first-order valence-electron chi connectivity index (χ1n) is 11.4. The number of amides is 1. The summed E-state index contributed by atoms with van der Waals surface area (Å²) in [6.07, 6.45) is 1.26. The van der Waals surface area contributed by atoms with Crippen LogP contribution in [-0.4, -0.2) is 23.4 Å². The van der Waals surface area contributed by atoms with Crippen molar-refractivity contribution in [2.75, 3.05) is 11.9 Å². The van der Waals surface area contributed by atoms with E-state index in [1.807, 2.05) is 37.3 Å². The average Bonchev–Trinajstić information content (AvgIpc) is 3.55. The molecule has 0 spiro atoms. The molecular weight excluding hydrogens is 506 g/mol. The van der Waals surface area contributed by atoms with Gasteiger partial charge in [-0.2, -0.15) is 5.26 Å². The predicted molar refractivity (Wildman–Crippen MR) is 143 cm³/mol. The van der Waals surface area contributed by atoms with Gasteiger partial charge >= 0.3 is 5.97 Å². The molecule has 38 heavy (non-hydrogen) atoms. The van der Waals surface area contributed by atoms with E-state index in [-0.39, 0.29) is 34.2 Å². The molecule has 2 heterocycles. The van der Waals surface area contributed by atoms with Crippen LogP contribution in [0.4, 0.5) is 10.7 Å². The molecule has 1 amide bonds. The van der Waals surface area contributed by atoms with Crippen LogP contribution in [0.25, 0.3) is 28.5 Å². The van der Waals surface area contributed by atoms with Crippen LogP contribution in [0.2, 0.25) is 0 Å². The normalized spacial score (nSPS) is 11.0. The topological polar surface area (TPSA) is 135 Å². The van der Waals surface area contributed by atoms with E-state index in [4.69, 9.17) is 9.15 Å². The number of ether oxygens (including phenoxy) is 1. The summed E-state index contributed by atoms with van der Waals surface area (Å²) < 4.78 is 10.9. The van der Waals surface area contributed by atoms with Gasteiger partial charge in [0.2, 0.25) is 0 Å². The number of aryl methyl sites for hydroxylation is 1. The van der Waals surface area contributed by atoms with Gasteiger partial charge in [-0.3, -0.25) is 14.9 Å². The Bertz CT molecular complexity index is 1590. The number of nitriles is 1. The van der Waals surface area contributed by atoms with E-state index in [9.17, 15) is 25.0 Å². The molecule has 0 aliphatic heterocycles. The van der Waals surface area contributed by atoms with Gasteiger partial charge in [-0.1, -0.05) is 42.0 Å². The Hall–Kier alpha value is -5.01. The summed E-state index contributed by atoms with van der Waals surface area (Å²) in [5.41, 5.74) is 2.79. The van der Waals surface area contributed by atoms with Gasteiger partial charge in [0, 0.05) is 34.7 Å². The number of nitro groups is 1. The van der Waals surface area contributed by atoms with E-state index in [0.717, 1.165) is 22.5 Å². The molecule has 0 saturated carbocycles. The van der Waals surface area contributed by atoms with Crippen LogP contribution < -0.4 is 5.32 Å². The molecule has 0 bridgehead atoms. The van der Waals surface area contributed by atoms with Crippen molar-refractivity contribution in [3.63, 3.8) is 0 Å². The molecule has 0 radical (unpaired) electrons. The molecule has 0 fully saturated rings. The number of furan rings is 1. The first-order chi connectivity index (χ1) is 18.3. The van der Waals surface area contributed by atoms with Gasteiger partial charge in [0.15, 0.2) is 0 Å². The summed E-state index contributed by atoms with van der Waals surface area (Å²) in [6.45, 7) is 3.80. The third-order valence-corrected chi connectivity index (χ3v) is 6.38. The fourth-order valence-electron chi connectivity index (χ4n) is 3.62. The number of anilines is 1. The molecule has 4 rings (SSSR count). The lowest BCUT2D eigenvalue weighted by molar-refractivity contribution is -0.384. The van der Waals surface area contributed by atoms with Gasteiger partial charge in [0.25, 0.3) is 11.6 Å². The van der Waals surface area contributed by atoms with E-state index in [2.05, 4.69) is 5.32 Å². The second-order valence-corrected chi connectivity index (χ2v) is 8.95. The van der Waals surface area contributed by atoms with Gasteiger partial charge in [-0.05, 0) is 31.5 Å². The van der Waals surface area contributed by atoms with Crippen molar-refractivity contribution in [1.82, 2.24) is 0 Å². The third kappa shape index (κ3) is 5.69. The van der Waals surface area contributed by atoms with Crippen LogP contribution in [0.15, 0.2) is 76.0 Å². The van der Waals surface area contributed by atoms with Crippen LogP contribution in [0.1, 0.15) is 28.6 Å². The summed E-state index contributed by atoms with van der Waals surface area (Å²) in [5.74, 6) is -0.781. The number of esters is 1. The lowest BCUT2D eigenvalue weighted by Gasteiger charge is -2.09. The van der Waals surface area contributed by atoms with Crippen molar-refractivity contribution >= 4 is 40.0 Å². The van der Waals surface area contributed by atoms with E-state index in [1.165, 1.54) is 24.3 Å². The smallest absolute Gasteiger partial charge is 0.341 e. The number of nitrogens with one attached hydrogen (secondary N) is 1. The average molecular weight is 528 g/mol. The van der Waals surface area contributed by atoms with Gasteiger partial charge in [0.1, 0.15) is 33.7 Å². The quantitative estimate of drug-likeness (QED) is 0.0894. The zero-order chi connectivity index (χ0) is 27.2. The Kier molecular flexibility index (Phi) is 7.80. The highest BCUT2D eigenvalue weighted by molar-refractivity contribution is 7.15. The number of benzene rings is 2. The Morgan fingerprint density at radius 2 is 1.92 bits per heavy atom. The molecule has 10 heteroatoms. The highest BCUT2D eigenvalue weighted by atomic mass is 32.1. The standard InChI is InChI=1S/C28H21N3O6S/c1-3-36-28(33)25-23(18-9-7-17(2)8-10-18)16-38-27(25)30-26(32)20(15-29)14-22-11-12-24(37-22)19-5-4-6-21(13-19)31(34)35/h4-14,16H,3H2,1-2H3,(H,30,32). The second-order valence-electron chi connectivity index (χ2n) is 8.07. The maximum atomic E-state index is 13.0. The zero-order valence-electron chi connectivity index (χ0n) is 20.4. The Morgan fingerprint density at radius 1 is 1.16 bits per heavy atom. The van der Waals surface area contributed by atoms with Gasteiger partial charge in [-0.15, -0.1) is 11.3 Å². The maximum Gasteiger partial charge on any atom is 0.341 e. The van der Waals surface area contributed by atoms with E-state index in [0.29, 0.717) is 16.9 Å². The fraction of sp³-hybridized carbons (Fsp3) is 0.107. The van der Waals surface area contributed by atoms with E-state index in [1.54, 1.807) is 30.5 Å². The molecule has 0 aliphatic carbocycles. The molecule has 0 unspecified atom stereocenters. The van der Waals surface area contributed by atoms with Crippen LogP contribution in [0.3, 0.4) is 0 Å². The van der Waals surface area contributed by atoms with Crippen LogP contribution >= 0.6 is 11.3 Å². The number of nitrogens with zero attached hydrogens (tertiary/aromatic N) is 2. The first kappa shape index (κ1) is 26.1. The molecule has 0 saturated heterocycles. The summed E-state index contributed by atoms with van der Waals surface area (Å²) in [7, 11) is 0. The van der Waals surface area contributed by atoms with E-state index < -0.39 is 16.8 Å². The van der Waals surface area contributed by atoms with Crippen molar-refractivity contribution in [2.45, 2.75) is 13.8 Å². The van der Waals surface area contributed by atoms with Gasteiger partial charge in [-0.25, -0.2) is 4.79 Å². The minimum absolute atomic E-state index is 0.0913. The monoisotopic (exact) mass is 527 g/mol. The second kappa shape index (κ2) is 11.4. The lowest BCUT2D eigenvalue weighted by Crippen LogP contribution is -2.16. The maximum absolute atomic E-state index is 13.0. The predicted octanol–water partition coefficient (Wildman–Crippen LogP) is 6.61. The molecule has 9 nitrogen and oxygen atoms in total. The molecule has 190 valence electrons. The van der Waals surface area contributed by atoms with Crippen molar-refractivity contribution in [3.05, 3.63) is 98.6 Å². The van der Waals surface area contributed by atoms with Gasteiger partial charge < -0.3 is 14.5 Å². The number of thiophene rings is 1. The highest BCUT2D eigenvalue weighted by Gasteiger charge is 2.24. The largest absolute Gasteiger partial charge is 0.462 e. The summed E-state index contributed by atoms with van der Waals surface area (Å²) >= 11 is 1.15. The molecular formula is C28H21N3O6S. The van der Waals surface area contributed by atoms with Gasteiger partial charge in [0.05, 0.1) is 11.5 Å². The molecule has 4 aromatic rings. The number of hydrogen-bond acceptors (Lipinski definition) is 8. The Labute approximate surface area is 221 Å². The number of non-ortho nitro benzene ring substituents is 1. The number of rotatable bonds is 8. The number of carbonyl (C=O) groups is 2. The number of hydrogen-bond donors (Lipinski definition) is 1. The lowest BCUT2D eigenvalue weighted by atomic mass is 10.0. The molecule has 0 atom stereocenters.